The normalized spacial score (nSPS) is 12.9. The average Bonchev–Trinajstić information content (AvgIpc) is 2.19. The van der Waals surface area contributed by atoms with E-state index in [1.807, 2.05) is 0 Å². The summed E-state index contributed by atoms with van der Waals surface area (Å²) in [5.74, 6) is -2.05. The molecule has 0 aliphatic carbocycles. The zero-order valence-corrected chi connectivity index (χ0v) is 8.62. The van der Waals surface area contributed by atoms with E-state index in [-0.39, 0.29) is 16.6 Å². The van der Waals surface area contributed by atoms with E-state index in [1.165, 1.54) is 0 Å². The van der Waals surface area contributed by atoms with Crippen LogP contribution in [0, 0.1) is 5.82 Å². The Kier molecular flexibility index (Phi) is 3.30. The molecular weight excluding hydrogens is 257 g/mol. The number of rotatable bonds is 2. The van der Waals surface area contributed by atoms with Gasteiger partial charge in [0.25, 0.3) is 0 Å². The summed E-state index contributed by atoms with van der Waals surface area (Å²) >= 11 is 2.79. The van der Waals surface area contributed by atoms with Crippen LogP contribution < -0.4 is 5.73 Å². The van der Waals surface area contributed by atoms with Gasteiger partial charge in [0, 0.05) is 12.1 Å². The fourth-order valence-electron chi connectivity index (χ4n) is 0.998. The monoisotopic (exact) mass is 265 g/mol. The zero-order valence-electron chi connectivity index (χ0n) is 7.04. The van der Waals surface area contributed by atoms with Crippen LogP contribution >= 0.6 is 15.9 Å². The van der Waals surface area contributed by atoms with Crippen molar-refractivity contribution >= 4 is 15.9 Å². The minimum Gasteiger partial charge on any atom is -0.506 e. The molecule has 0 bridgehead atoms. The molecule has 78 valence electrons. The Labute approximate surface area is 87.9 Å². The Bertz CT molecular complexity index is 359. The van der Waals surface area contributed by atoms with E-state index in [0.29, 0.717) is 0 Å². The van der Waals surface area contributed by atoms with Crippen LogP contribution in [0.2, 0.25) is 0 Å². The molecule has 0 saturated heterocycles. The van der Waals surface area contributed by atoms with Gasteiger partial charge in [0.15, 0.2) is 11.6 Å². The molecule has 5 N–H and O–H groups in total. The number of nitrogens with two attached hydrogens (primary N) is 1. The molecule has 6 heteroatoms. The quantitative estimate of drug-likeness (QED) is 0.643. The van der Waals surface area contributed by atoms with Crippen molar-refractivity contribution in [3.8, 4) is 11.5 Å². The lowest BCUT2D eigenvalue weighted by Crippen LogP contribution is -2.12. The summed E-state index contributed by atoms with van der Waals surface area (Å²) in [5, 5.41) is 27.8. The lowest BCUT2D eigenvalue weighted by molar-refractivity contribution is 0.181. The van der Waals surface area contributed by atoms with E-state index < -0.39 is 23.4 Å². The Morgan fingerprint density at radius 2 is 2.00 bits per heavy atom. The van der Waals surface area contributed by atoms with Gasteiger partial charge in [0.05, 0.1) is 6.10 Å². The third-order valence-electron chi connectivity index (χ3n) is 1.78. The highest BCUT2D eigenvalue weighted by atomic mass is 79.9. The van der Waals surface area contributed by atoms with Crippen molar-refractivity contribution in [3.63, 3.8) is 0 Å². The Morgan fingerprint density at radius 3 is 2.50 bits per heavy atom. The molecule has 0 radical (unpaired) electrons. The van der Waals surface area contributed by atoms with Crippen LogP contribution in [-0.2, 0) is 0 Å². The summed E-state index contributed by atoms with van der Waals surface area (Å²) in [4.78, 5) is 0. The number of aliphatic hydroxyl groups excluding tert-OH is 1. The lowest BCUT2D eigenvalue weighted by Gasteiger charge is -2.12. The number of benzene rings is 1. The third-order valence-corrected chi connectivity index (χ3v) is 2.53. The van der Waals surface area contributed by atoms with Crippen LogP contribution in [0.3, 0.4) is 0 Å². The maximum absolute atomic E-state index is 13.0. The second kappa shape index (κ2) is 4.12. The third kappa shape index (κ3) is 1.82. The number of hydrogen-bond donors (Lipinski definition) is 4. The fourth-order valence-corrected chi connectivity index (χ4v) is 1.42. The van der Waals surface area contributed by atoms with Crippen LogP contribution in [0.1, 0.15) is 11.7 Å². The topological polar surface area (TPSA) is 86.7 Å². The Balaban J connectivity index is 3.33. The first-order chi connectivity index (χ1) is 6.49. The van der Waals surface area contributed by atoms with Gasteiger partial charge in [-0.1, -0.05) is 0 Å². The number of aromatic hydroxyl groups is 2. The van der Waals surface area contributed by atoms with Crippen molar-refractivity contribution in [2.45, 2.75) is 6.10 Å². The van der Waals surface area contributed by atoms with Crippen molar-refractivity contribution < 1.29 is 19.7 Å². The summed E-state index contributed by atoms with van der Waals surface area (Å²) in [6, 6.07) is 0.840. The summed E-state index contributed by atoms with van der Waals surface area (Å²) < 4.78 is 12.8. The van der Waals surface area contributed by atoms with E-state index in [4.69, 9.17) is 10.8 Å². The molecule has 0 aliphatic heterocycles. The Hall–Kier alpha value is -0.850. The molecule has 1 atom stereocenters. The van der Waals surface area contributed by atoms with Gasteiger partial charge in [-0.15, -0.1) is 0 Å². The smallest absolute Gasteiger partial charge is 0.169 e. The largest absolute Gasteiger partial charge is 0.506 e. The molecule has 14 heavy (non-hydrogen) atoms. The van der Waals surface area contributed by atoms with Gasteiger partial charge in [-0.3, -0.25) is 0 Å². The Morgan fingerprint density at radius 1 is 1.43 bits per heavy atom. The number of phenolic OH excluding ortho intramolecular Hbond substituents is 2. The SMILES string of the molecule is NCC(O)c1cc(F)c(O)c(Br)c1O. The van der Waals surface area contributed by atoms with Crippen molar-refractivity contribution in [2.75, 3.05) is 6.54 Å². The number of halogens is 2. The molecular formula is C8H9BrFNO3. The summed E-state index contributed by atoms with van der Waals surface area (Å²) in [6.07, 6.45) is -1.17. The average molecular weight is 266 g/mol. The molecule has 4 nitrogen and oxygen atoms in total. The van der Waals surface area contributed by atoms with Crippen LogP contribution in [0.25, 0.3) is 0 Å². The molecule has 1 aromatic rings. The van der Waals surface area contributed by atoms with E-state index in [0.717, 1.165) is 6.07 Å². The zero-order chi connectivity index (χ0) is 10.9. The van der Waals surface area contributed by atoms with Crippen LogP contribution in [-0.4, -0.2) is 21.9 Å². The van der Waals surface area contributed by atoms with Gasteiger partial charge in [0.1, 0.15) is 10.2 Å². The van der Waals surface area contributed by atoms with Gasteiger partial charge in [-0.25, -0.2) is 4.39 Å². The summed E-state index contributed by atoms with van der Waals surface area (Å²) in [6.45, 7) is -0.149. The van der Waals surface area contributed by atoms with Gasteiger partial charge in [0.2, 0.25) is 0 Å². The maximum atomic E-state index is 13.0. The molecule has 0 amide bonds. The van der Waals surface area contributed by atoms with Crippen molar-refractivity contribution in [3.05, 3.63) is 21.9 Å². The van der Waals surface area contributed by atoms with Gasteiger partial charge in [-0.05, 0) is 22.0 Å². The first kappa shape index (κ1) is 11.2. The summed E-state index contributed by atoms with van der Waals surface area (Å²) in [7, 11) is 0. The highest BCUT2D eigenvalue weighted by molar-refractivity contribution is 9.10. The maximum Gasteiger partial charge on any atom is 0.169 e. The highest BCUT2D eigenvalue weighted by Gasteiger charge is 2.19. The van der Waals surface area contributed by atoms with Crippen LogP contribution in [0.4, 0.5) is 4.39 Å². The van der Waals surface area contributed by atoms with Gasteiger partial charge < -0.3 is 21.1 Å². The molecule has 0 fully saturated rings. The van der Waals surface area contributed by atoms with E-state index >= 15 is 0 Å². The second-order valence-electron chi connectivity index (χ2n) is 2.71. The standard InChI is InChI=1S/C8H9BrFNO3/c9-6-7(13)3(5(12)2-11)1-4(10)8(6)14/h1,5,12-14H,2,11H2. The van der Waals surface area contributed by atoms with Crippen molar-refractivity contribution in [1.29, 1.82) is 0 Å². The van der Waals surface area contributed by atoms with Crippen LogP contribution in [0.5, 0.6) is 11.5 Å². The molecule has 0 heterocycles. The van der Waals surface area contributed by atoms with Crippen molar-refractivity contribution in [1.82, 2.24) is 0 Å². The van der Waals surface area contributed by atoms with Crippen molar-refractivity contribution in [2.24, 2.45) is 5.73 Å². The van der Waals surface area contributed by atoms with Gasteiger partial charge in [-0.2, -0.15) is 0 Å². The number of phenols is 2. The van der Waals surface area contributed by atoms with E-state index in [9.17, 15) is 14.6 Å². The second-order valence-corrected chi connectivity index (χ2v) is 3.50. The molecule has 0 spiro atoms. The molecule has 1 aromatic carbocycles. The van der Waals surface area contributed by atoms with E-state index in [1.54, 1.807) is 0 Å². The predicted octanol–water partition coefficient (Wildman–Crippen LogP) is 0.991. The number of hydrogen-bond acceptors (Lipinski definition) is 4. The van der Waals surface area contributed by atoms with Crippen LogP contribution in [0.15, 0.2) is 10.5 Å². The van der Waals surface area contributed by atoms with E-state index in [2.05, 4.69) is 15.9 Å². The lowest BCUT2D eigenvalue weighted by atomic mass is 10.1. The van der Waals surface area contributed by atoms with Gasteiger partial charge >= 0.3 is 0 Å². The minimum absolute atomic E-state index is 0.0605. The molecule has 0 aliphatic rings. The first-order valence-corrected chi connectivity index (χ1v) is 4.56. The fraction of sp³-hybridized carbons (Fsp3) is 0.250. The molecule has 0 saturated carbocycles. The minimum atomic E-state index is -1.17. The first-order valence-electron chi connectivity index (χ1n) is 3.77. The highest BCUT2D eigenvalue weighted by Crippen LogP contribution is 2.39. The molecule has 0 aromatic heterocycles. The molecule has 1 rings (SSSR count). The predicted molar refractivity (Wildman–Crippen MR) is 51.4 cm³/mol. The molecule has 1 unspecified atom stereocenters. The summed E-state index contributed by atoms with van der Waals surface area (Å²) in [5.41, 5.74) is 5.09. The number of aliphatic hydroxyl groups is 1.